The molecule has 0 amide bonds. The van der Waals surface area contributed by atoms with E-state index in [0.29, 0.717) is 6.04 Å². The highest BCUT2D eigenvalue weighted by atomic mass is 15.2. The number of nitrogens with one attached hydrogen (secondary N) is 1. The van der Waals surface area contributed by atoms with Crippen LogP contribution in [0.5, 0.6) is 0 Å². The van der Waals surface area contributed by atoms with Crippen LogP contribution in [-0.2, 0) is 13.5 Å². The van der Waals surface area contributed by atoms with Gasteiger partial charge in [0, 0.05) is 19.3 Å². The quantitative estimate of drug-likeness (QED) is 0.382. The molecule has 18 heavy (non-hydrogen) atoms. The molecule has 1 aromatic heterocycles. The Kier molecular flexibility index (Phi) is 7.69. The lowest BCUT2D eigenvalue weighted by Crippen LogP contribution is -2.35. The molecule has 1 aromatic rings. The van der Waals surface area contributed by atoms with Crippen LogP contribution in [0.3, 0.4) is 0 Å². The van der Waals surface area contributed by atoms with Gasteiger partial charge in [-0.3, -0.25) is 16.0 Å². The lowest BCUT2D eigenvalue weighted by Gasteiger charge is -2.15. The van der Waals surface area contributed by atoms with E-state index in [4.69, 9.17) is 5.84 Å². The van der Waals surface area contributed by atoms with Gasteiger partial charge in [-0.15, -0.1) is 0 Å². The standard InChI is InChI=1S/C14H28N4/c1-3-4-5-6-7-8-14(17-15)10-9-13-11-16-18(2)12-13/h11-12,14,17H,3-10,15H2,1-2H3. The molecule has 0 fully saturated rings. The van der Waals surface area contributed by atoms with Crippen LogP contribution in [0.2, 0.25) is 0 Å². The molecular weight excluding hydrogens is 224 g/mol. The second-order valence-electron chi connectivity index (χ2n) is 5.13. The third-order valence-electron chi connectivity index (χ3n) is 3.43. The van der Waals surface area contributed by atoms with Crippen LogP contribution < -0.4 is 11.3 Å². The molecule has 0 bridgehead atoms. The fourth-order valence-corrected chi connectivity index (χ4v) is 2.25. The highest BCUT2D eigenvalue weighted by Gasteiger charge is 2.07. The summed E-state index contributed by atoms with van der Waals surface area (Å²) in [6.07, 6.45) is 14.0. The second-order valence-corrected chi connectivity index (χ2v) is 5.13. The number of aryl methyl sites for hydroxylation is 2. The molecule has 0 aromatic carbocycles. The molecule has 0 spiro atoms. The van der Waals surface area contributed by atoms with E-state index in [9.17, 15) is 0 Å². The zero-order valence-electron chi connectivity index (χ0n) is 11.9. The number of aromatic nitrogens is 2. The smallest absolute Gasteiger partial charge is 0.0521 e. The average Bonchev–Trinajstić information content (AvgIpc) is 2.78. The summed E-state index contributed by atoms with van der Waals surface area (Å²) in [6.45, 7) is 2.25. The van der Waals surface area contributed by atoms with E-state index < -0.39 is 0 Å². The Morgan fingerprint density at radius 1 is 1.28 bits per heavy atom. The van der Waals surface area contributed by atoms with E-state index in [2.05, 4.69) is 23.6 Å². The number of unbranched alkanes of at least 4 members (excludes halogenated alkanes) is 4. The fourth-order valence-electron chi connectivity index (χ4n) is 2.25. The van der Waals surface area contributed by atoms with Crippen molar-refractivity contribution in [2.24, 2.45) is 12.9 Å². The molecule has 3 N–H and O–H groups in total. The highest BCUT2D eigenvalue weighted by molar-refractivity contribution is 5.03. The first-order valence-electron chi connectivity index (χ1n) is 7.20. The lowest BCUT2D eigenvalue weighted by atomic mass is 10.0. The Labute approximate surface area is 111 Å². The van der Waals surface area contributed by atoms with Crippen LogP contribution in [-0.4, -0.2) is 15.8 Å². The zero-order chi connectivity index (χ0) is 13.2. The van der Waals surface area contributed by atoms with Gasteiger partial charge in [-0.1, -0.05) is 39.0 Å². The van der Waals surface area contributed by atoms with Crippen LogP contribution in [0.15, 0.2) is 12.4 Å². The molecule has 0 saturated heterocycles. The summed E-state index contributed by atoms with van der Waals surface area (Å²) in [6, 6.07) is 0.437. The Hall–Kier alpha value is -0.870. The molecule has 4 heteroatoms. The van der Waals surface area contributed by atoms with Crippen molar-refractivity contribution in [3.05, 3.63) is 18.0 Å². The van der Waals surface area contributed by atoms with Crippen molar-refractivity contribution in [1.82, 2.24) is 15.2 Å². The van der Waals surface area contributed by atoms with E-state index in [0.717, 1.165) is 12.8 Å². The van der Waals surface area contributed by atoms with E-state index in [1.165, 1.54) is 44.1 Å². The highest BCUT2D eigenvalue weighted by Crippen LogP contribution is 2.11. The Morgan fingerprint density at radius 3 is 2.67 bits per heavy atom. The normalized spacial score (nSPS) is 12.8. The van der Waals surface area contributed by atoms with Gasteiger partial charge in [-0.25, -0.2) is 0 Å². The maximum absolute atomic E-state index is 5.61. The molecule has 0 aliphatic rings. The van der Waals surface area contributed by atoms with Gasteiger partial charge < -0.3 is 0 Å². The van der Waals surface area contributed by atoms with Crippen molar-refractivity contribution in [3.8, 4) is 0 Å². The Morgan fingerprint density at radius 2 is 2.06 bits per heavy atom. The number of nitrogens with two attached hydrogens (primary N) is 1. The van der Waals surface area contributed by atoms with Gasteiger partial charge in [-0.2, -0.15) is 5.10 Å². The molecule has 1 atom stereocenters. The molecule has 1 heterocycles. The average molecular weight is 252 g/mol. The van der Waals surface area contributed by atoms with Crippen molar-refractivity contribution in [2.45, 2.75) is 64.3 Å². The molecule has 4 nitrogen and oxygen atoms in total. The topological polar surface area (TPSA) is 55.9 Å². The molecule has 104 valence electrons. The number of hydrogen-bond acceptors (Lipinski definition) is 3. The van der Waals surface area contributed by atoms with Crippen LogP contribution in [0.1, 0.15) is 57.4 Å². The fraction of sp³-hybridized carbons (Fsp3) is 0.786. The first-order valence-corrected chi connectivity index (χ1v) is 7.20. The summed E-state index contributed by atoms with van der Waals surface area (Å²) in [4.78, 5) is 0. The van der Waals surface area contributed by atoms with Crippen molar-refractivity contribution in [2.75, 3.05) is 0 Å². The van der Waals surface area contributed by atoms with Crippen LogP contribution in [0, 0.1) is 0 Å². The van der Waals surface area contributed by atoms with Gasteiger partial charge in [0.1, 0.15) is 0 Å². The lowest BCUT2D eigenvalue weighted by molar-refractivity contribution is 0.439. The minimum Gasteiger partial charge on any atom is -0.276 e. The SMILES string of the molecule is CCCCCCCC(CCc1cnn(C)c1)NN. The van der Waals surface area contributed by atoms with E-state index in [1.807, 2.05) is 17.9 Å². The number of hydrogen-bond donors (Lipinski definition) is 2. The van der Waals surface area contributed by atoms with E-state index in [-0.39, 0.29) is 0 Å². The Bertz CT molecular complexity index is 308. The summed E-state index contributed by atoms with van der Waals surface area (Å²) < 4.78 is 1.85. The van der Waals surface area contributed by atoms with Gasteiger partial charge in [0.05, 0.1) is 6.20 Å². The van der Waals surface area contributed by atoms with Gasteiger partial charge in [0.2, 0.25) is 0 Å². The predicted octanol–water partition coefficient (Wildman–Crippen LogP) is 2.55. The molecule has 0 saturated carbocycles. The molecule has 1 rings (SSSR count). The van der Waals surface area contributed by atoms with E-state index >= 15 is 0 Å². The van der Waals surface area contributed by atoms with Gasteiger partial charge in [0.25, 0.3) is 0 Å². The first kappa shape index (κ1) is 15.2. The first-order chi connectivity index (χ1) is 8.76. The van der Waals surface area contributed by atoms with Crippen molar-refractivity contribution in [1.29, 1.82) is 0 Å². The van der Waals surface area contributed by atoms with Crippen molar-refractivity contribution in [3.63, 3.8) is 0 Å². The molecule has 0 radical (unpaired) electrons. The van der Waals surface area contributed by atoms with Gasteiger partial charge in [-0.05, 0) is 24.8 Å². The van der Waals surface area contributed by atoms with Gasteiger partial charge >= 0.3 is 0 Å². The summed E-state index contributed by atoms with van der Waals surface area (Å²) >= 11 is 0. The molecule has 1 unspecified atom stereocenters. The maximum atomic E-state index is 5.61. The monoisotopic (exact) mass is 252 g/mol. The predicted molar refractivity (Wildman–Crippen MR) is 76.0 cm³/mol. The second kappa shape index (κ2) is 9.11. The van der Waals surface area contributed by atoms with E-state index in [1.54, 1.807) is 0 Å². The van der Waals surface area contributed by atoms with Crippen molar-refractivity contribution < 1.29 is 0 Å². The third kappa shape index (κ3) is 6.17. The van der Waals surface area contributed by atoms with Crippen LogP contribution >= 0.6 is 0 Å². The minimum atomic E-state index is 0.437. The number of rotatable bonds is 10. The molecule has 0 aliphatic heterocycles. The molecule has 0 aliphatic carbocycles. The van der Waals surface area contributed by atoms with Gasteiger partial charge in [0.15, 0.2) is 0 Å². The summed E-state index contributed by atoms with van der Waals surface area (Å²) in [5.74, 6) is 5.61. The number of nitrogens with zero attached hydrogens (tertiary/aromatic N) is 2. The maximum Gasteiger partial charge on any atom is 0.0521 e. The van der Waals surface area contributed by atoms with Crippen LogP contribution in [0.4, 0.5) is 0 Å². The van der Waals surface area contributed by atoms with Crippen molar-refractivity contribution >= 4 is 0 Å². The summed E-state index contributed by atoms with van der Waals surface area (Å²) in [5.41, 5.74) is 4.24. The van der Waals surface area contributed by atoms with Crippen LogP contribution in [0.25, 0.3) is 0 Å². The zero-order valence-corrected chi connectivity index (χ0v) is 11.9. The summed E-state index contributed by atoms with van der Waals surface area (Å²) in [7, 11) is 1.95. The molecular formula is C14H28N4. The Balaban J connectivity index is 2.13. The summed E-state index contributed by atoms with van der Waals surface area (Å²) in [5, 5.41) is 4.18. The minimum absolute atomic E-state index is 0.437. The number of hydrazine groups is 1. The largest absolute Gasteiger partial charge is 0.276 e. The third-order valence-corrected chi connectivity index (χ3v) is 3.43.